The molecule has 2 amide bonds. The van der Waals surface area contributed by atoms with Crippen molar-refractivity contribution in [3.8, 4) is 0 Å². The van der Waals surface area contributed by atoms with Crippen LogP contribution in [0.15, 0.2) is 29.4 Å². The zero-order chi connectivity index (χ0) is 19.2. The van der Waals surface area contributed by atoms with Gasteiger partial charge in [-0.3, -0.25) is 9.59 Å². The van der Waals surface area contributed by atoms with E-state index in [2.05, 4.69) is 31.3 Å². The van der Waals surface area contributed by atoms with Gasteiger partial charge >= 0.3 is 0 Å². The second-order valence-electron chi connectivity index (χ2n) is 9.08. The van der Waals surface area contributed by atoms with E-state index in [0.717, 1.165) is 42.8 Å². The summed E-state index contributed by atoms with van der Waals surface area (Å²) in [5.41, 5.74) is 6.15. The van der Waals surface area contributed by atoms with Crippen LogP contribution in [0.5, 0.6) is 0 Å². The summed E-state index contributed by atoms with van der Waals surface area (Å²) in [6.07, 6.45) is 5.27. The topological polar surface area (TPSA) is 61.8 Å². The second-order valence-corrected chi connectivity index (χ2v) is 9.08. The summed E-state index contributed by atoms with van der Waals surface area (Å²) in [4.78, 5) is 26.0. The van der Waals surface area contributed by atoms with E-state index in [0.29, 0.717) is 18.8 Å². The van der Waals surface area contributed by atoms with Crippen LogP contribution in [-0.2, 0) is 16.0 Å². The Balaban J connectivity index is 1.37. The molecule has 2 aliphatic carbocycles. The number of carbonyl (C=O) groups is 2. The molecule has 0 unspecified atom stereocenters. The van der Waals surface area contributed by atoms with Crippen LogP contribution in [0.25, 0.3) is 0 Å². The van der Waals surface area contributed by atoms with Crippen molar-refractivity contribution >= 4 is 23.2 Å². The van der Waals surface area contributed by atoms with Gasteiger partial charge in [0.15, 0.2) is 0 Å². The standard InChI is InChI=1S/C22H29N3O2/c1-21(2)16-10-11-22(21,3)18(14-16)23-24-19(26)13-15-6-8-17(9-7-15)25-12-4-5-20(25)27/h6-9,16H,4-5,10-14H2,1-3H3,(H,24,26)/b23-18+/t16-,22+/m1/s1. The quantitative estimate of drug-likeness (QED) is 0.825. The van der Waals surface area contributed by atoms with Gasteiger partial charge in [0, 0.05) is 29.8 Å². The highest BCUT2D eigenvalue weighted by atomic mass is 16.2. The zero-order valence-corrected chi connectivity index (χ0v) is 16.5. The van der Waals surface area contributed by atoms with Gasteiger partial charge < -0.3 is 4.90 Å². The van der Waals surface area contributed by atoms with Crippen molar-refractivity contribution in [2.45, 2.75) is 59.3 Å². The number of amides is 2. The minimum atomic E-state index is -0.0864. The fourth-order valence-electron chi connectivity index (χ4n) is 5.17. The Bertz CT molecular complexity index is 796. The average molecular weight is 367 g/mol. The van der Waals surface area contributed by atoms with Gasteiger partial charge in [-0.25, -0.2) is 5.43 Å². The number of hydrazone groups is 1. The summed E-state index contributed by atoms with van der Waals surface area (Å²) in [5, 5.41) is 4.52. The monoisotopic (exact) mass is 367 g/mol. The van der Waals surface area contributed by atoms with Crippen LogP contribution in [-0.4, -0.2) is 24.1 Å². The highest BCUT2D eigenvalue weighted by Crippen LogP contribution is 2.63. The molecular weight excluding hydrogens is 338 g/mol. The molecule has 2 bridgehead atoms. The third-order valence-corrected chi connectivity index (χ3v) is 7.51. The molecule has 1 saturated heterocycles. The Labute approximate surface area is 161 Å². The minimum absolute atomic E-state index is 0.0864. The van der Waals surface area contributed by atoms with Crippen LogP contribution in [0.2, 0.25) is 0 Å². The lowest BCUT2D eigenvalue weighted by Crippen LogP contribution is -2.34. The summed E-state index contributed by atoms with van der Waals surface area (Å²) in [7, 11) is 0. The van der Waals surface area contributed by atoms with Crippen molar-refractivity contribution in [2.75, 3.05) is 11.4 Å². The number of carbonyl (C=O) groups excluding carboxylic acids is 2. The molecule has 0 aromatic heterocycles. The molecule has 3 fully saturated rings. The van der Waals surface area contributed by atoms with Gasteiger partial charge in [-0.1, -0.05) is 32.9 Å². The van der Waals surface area contributed by atoms with Crippen LogP contribution < -0.4 is 10.3 Å². The largest absolute Gasteiger partial charge is 0.312 e. The number of fused-ring (bicyclic) bond motifs is 2. The van der Waals surface area contributed by atoms with E-state index < -0.39 is 0 Å². The van der Waals surface area contributed by atoms with E-state index in [-0.39, 0.29) is 22.6 Å². The molecule has 1 aromatic carbocycles. The fraction of sp³-hybridized carbons (Fsp3) is 0.591. The SMILES string of the molecule is CC1(C)[C@@H]2CC[C@@]1(C)/C(=N/NC(=O)Cc1ccc(N3CCCC3=O)cc1)C2. The Morgan fingerprint density at radius 2 is 2.00 bits per heavy atom. The Morgan fingerprint density at radius 1 is 1.26 bits per heavy atom. The average Bonchev–Trinajstić information content (AvgIpc) is 3.21. The molecule has 144 valence electrons. The first-order chi connectivity index (χ1) is 12.8. The van der Waals surface area contributed by atoms with E-state index >= 15 is 0 Å². The summed E-state index contributed by atoms with van der Waals surface area (Å²) in [6.45, 7) is 7.75. The van der Waals surface area contributed by atoms with Gasteiger partial charge in [0.2, 0.25) is 11.8 Å². The molecule has 1 aromatic rings. The molecule has 27 heavy (non-hydrogen) atoms. The lowest BCUT2D eigenvalue weighted by Gasteiger charge is -2.34. The summed E-state index contributed by atoms with van der Waals surface area (Å²) in [6, 6.07) is 7.71. The van der Waals surface area contributed by atoms with Gasteiger partial charge in [-0.05, 0) is 54.7 Å². The first-order valence-corrected chi connectivity index (χ1v) is 10.1. The molecule has 5 heteroatoms. The summed E-state index contributed by atoms with van der Waals surface area (Å²) in [5.74, 6) is 0.772. The van der Waals surface area contributed by atoms with E-state index in [9.17, 15) is 9.59 Å². The predicted molar refractivity (Wildman–Crippen MR) is 107 cm³/mol. The molecule has 2 saturated carbocycles. The smallest absolute Gasteiger partial charge is 0.244 e. The third kappa shape index (κ3) is 2.97. The van der Waals surface area contributed by atoms with Crippen LogP contribution in [0.1, 0.15) is 58.4 Å². The maximum Gasteiger partial charge on any atom is 0.244 e. The van der Waals surface area contributed by atoms with E-state index in [4.69, 9.17) is 0 Å². The maximum atomic E-state index is 12.4. The number of rotatable bonds is 4. The number of benzene rings is 1. The van der Waals surface area contributed by atoms with Crippen molar-refractivity contribution in [2.24, 2.45) is 21.8 Å². The van der Waals surface area contributed by atoms with Crippen molar-refractivity contribution in [1.82, 2.24) is 5.43 Å². The second kappa shape index (κ2) is 6.47. The van der Waals surface area contributed by atoms with Crippen molar-refractivity contribution in [3.63, 3.8) is 0 Å². The van der Waals surface area contributed by atoms with E-state index in [1.807, 2.05) is 29.2 Å². The lowest BCUT2D eigenvalue weighted by molar-refractivity contribution is -0.120. The minimum Gasteiger partial charge on any atom is -0.312 e. The first-order valence-electron chi connectivity index (χ1n) is 10.1. The van der Waals surface area contributed by atoms with Gasteiger partial charge in [-0.15, -0.1) is 0 Å². The number of anilines is 1. The van der Waals surface area contributed by atoms with Gasteiger partial charge in [0.25, 0.3) is 0 Å². The van der Waals surface area contributed by atoms with Gasteiger partial charge in [0.1, 0.15) is 0 Å². The Hall–Kier alpha value is -2.17. The summed E-state index contributed by atoms with van der Waals surface area (Å²) < 4.78 is 0. The number of hydrogen-bond donors (Lipinski definition) is 1. The normalized spacial score (nSPS) is 30.3. The predicted octanol–water partition coefficient (Wildman–Crippen LogP) is 3.67. The maximum absolute atomic E-state index is 12.4. The lowest BCUT2D eigenvalue weighted by atomic mass is 9.70. The third-order valence-electron chi connectivity index (χ3n) is 7.51. The van der Waals surface area contributed by atoms with E-state index in [1.54, 1.807) is 0 Å². The Kier molecular flexibility index (Phi) is 4.36. The van der Waals surface area contributed by atoms with E-state index in [1.165, 1.54) is 6.42 Å². The highest BCUT2D eigenvalue weighted by molar-refractivity contribution is 5.96. The molecule has 1 heterocycles. The number of hydrogen-bond acceptors (Lipinski definition) is 3. The van der Waals surface area contributed by atoms with Crippen LogP contribution in [0.4, 0.5) is 5.69 Å². The van der Waals surface area contributed by atoms with Crippen LogP contribution >= 0.6 is 0 Å². The molecular formula is C22H29N3O2. The molecule has 0 spiro atoms. The number of nitrogens with zero attached hydrogens (tertiary/aromatic N) is 2. The van der Waals surface area contributed by atoms with Crippen molar-refractivity contribution in [1.29, 1.82) is 0 Å². The first kappa shape index (κ1) is 18.2. The zero-order valence-electron chi connectivity index (χ0n) is 16.5. The molecule has 3 aliphatic rings. The molecule has 2 atom stereocenters. The fourth-order valence-corrected chi connectivity index (χ4v) is 5.17. The van der Waals surface area contributed by atoms with Crippen LogP contribution in [0, 0.1) is 16.7 Å². The molecule has 4 rings (SSSR count). The summed E-state index contributed by atoms with van der Waals surface area (Å²) >= 11 is 0. The van der Waals surface area contributed by atoms with Crippen molar-refractivity contribution < 1.29 is 9.59 Å². The Morgan fingerprint density at radius 3 is 2.56 bits per heavy atom. The molecule has 1 aliphatic heterocycles. The molecule has 0 radical (unpaired) electrons. The molecule has 1 N–H and O–H groups in total. The van der Waals surface area contributed by atoms with Crippen molar-refractivity contribution in [3.05, 3.63) is 29.8 Å². The number of nitrogens with one attached hydrogen (secondary N) is 1. The van der Waals surface area contributed by atoms with Crippen LogP contribution in [0.3, 0.4) is 0 Å². The highest BCUT2D eigenvalue weighted by Gasteiger charge is 2.60. The molecule has 5 nitrogen and oxygen atoms in total. The van der Waals surface area contributed by atoms with Gasteiger partial charge in [0.05, 0.1) is 6.42 Å². The van der Waals surface area contributed by atoms with Gasteiger partial charge in [-0.2, -0.15) is 5.10 Å².